The summed E-state index contributed by atoms with van der Waals surface area (Å²) in [6, 6.07) is 0.523. The van der Waals surface area contributed by atoms with Gasteiger partial charge in [-0.1, -0.05) is 6.92 Å². The zero-order chi connectivity index (χ0) is 9.90. The maximum Gasteiger partial charge on any atom is 0.238 e. The predicted molar refractivity (Wildman–Crippen MR) is 56.8 cm³/mol. The van der Waals surface area contributed by atoms with E-state index in [9.17, 15) is 4.79 Å². The Balaban J connectivity index is 2.45. The topological polar surface area (TPSA) is 55.1 Å². The molecule has 1 rings (SSSR count). The average Bonchev–Trinajstić information content (AvgIpc) is 2.84. The van der Waals surface area contributed by atoms with E-state index in [1.807, 2.05) is 6.92 Å². The van der Waals surface area contributed by atoms with Gasteiger partial charge in [0.25, 0.3) is 0 Å². The molecule has 1 saturated carbocycles. The van der Waals surface area contributed by atoms with Gasteiger partial charge in [-0.25, -0.2) is 0 Å². The molecule has 0 saturated heterocycles. The zero-order valence-corrected chi connectivity index (χ0v) is 9.12. The lowest BCUT2D eigenvalue weighted by atomic mass is 10.1. The molecule has 13 heavy (non-hydrogen) atoms. The van der Waals surface area contributed by atoms with E-state index in [0.717, 1.165) is 11.5 Å². The number of nitrogens with one attached hydrogen (secondary N) is 1. The molecule has 0 aliphatic heterocycles. The molecule has 0 aromatic rings. The Bertz CT molecular complexity index is 194. The van der Waals surface area contributed by atoms with Crippen molar-refractivity contribution in [3.05, 3.63) is 0 Å². The molecule has 3 N–H and O–H groups in total. The van der Waals surface area contributed by atoms with Crippen molar-refractivity contribution in [3.8, 4) is 0 Å². The van der Waals surface area contributed by atoms with E-state index in [-0.39, 0.29) is 5.91 Å². The summed E-state index contributed by atoms with van der Waals surface area (Å²) in [5, 5.41) is 3.31. The van der Waals surface area contributed by atoms with Crippen molar-refractivity contribution in [3.63, 3.8) is 0 Å². The molecule has 0 radical (unpaired) electrons. The van der Waals surface area contributed by atoms with Crippen LogP contribution in [-0.2, 0) is 4.79 Å². The molecule has 0 bridgehead atoms. The molecule has 3 nitrogen and oxygen atoms in total. The van der Waals surface area contributed by atoms with E-state index in [0.29, 0.717) is 6.04 Å². The summed E-state index contributed by atoms with van der Waals surface area (Å²) >= 11 is 1.75. The van der Waals surface area contributed by atoms with E-state index >= 15 is 0 Å². The van der Waals surface area contributed by atoms with Gasteiger partial charge in [-0.3, -0.25) is 4.79 Å². The molecule has 1 fully saturated rings. The number of hydrogen-bond acceptors (Lipinski definition) is 3. The molecular weight excluding hydrogens is 184 g/mol. The zero-order valence-electron chi connectivity index (χ0n) is 8.30. The molecule has 76 valence electrons. The third-order valence-corrected chi connectivity index (χ3v) is 3.43. The number of primary amides is 1. The van der Waals surface area contributed by atoms with Crippen LogP contribution in [0.2, 0.25) is 0 Å². The fraction of sp³-hybridized carbons (Fsp3) is 0.889. The quantitative estimate of drug-likeness (QED) is 0.668. The molecule has 0 spiro atoms. The van der Waals surface area contributed by atoms with Crippen molar-refractivity contribution in [1.82, 2.24) is 5.32 Å². The maximum atomic E-state index is 11.2. The van der Waals surface area contributed by atoms with Gasteiger partial charge in [0.05, 0.1) is 0 Å². The minimum atomic E-state index is -0.512. The van der Waals surface area contributed by atoms with Crippen LogP contribution in [0.1, 0.15) is 26.7 Å². The fourth-order valence-electron chi connectivity index (χ4n) is 1.17. The van der Waals surface area contributed by atoms with Crippen molar-refractivity contribution in [2.24, 2.45) is 5.73 Å². The number of hydrogen-bond donors (Lipinski definition) is 2. The first-order valence-electron chi connectivity index (χ1n) is 4.74. The molecular formula is C9H18N2OS. The Morgan fingerprint density at radius 1 is 1.69 bits per heavy atom. The van der Waals surface area contributed by atoms with Crippen molar-refractivity contribution >= 4 is 17.7 Å². The summed E-state index contributed by atoms with van der Waals surface area (Å²) in [5.41, 5.74) is 4.86. The number of rotatable bonds is 6. The third kappa shape index (κ3) is 3.19. The van der Waals surface area contributed by atoms with Crippen molar-refractivity contribution in [2.75, 3.05) is 11.5 Å². The molecule has 1 aliphatic carbocycles. The smallest absolute Gasteiger partial charge is 0.238 e. The molecule has 4 heteroatoms. The highest BCUT2D eigenvalue weighted by molar-refractivity contribution is 7.99. The first-order valence-corrected chi connectivity index (χ1v) is 5.89. The normalized spacial score (nSPS) is 21.1. The van der Waals surface area contributed by atoms with Gasteiger partial charge in [-0.05, 0) is 25.5 Å². The van der Waals surface area contributed by atoms with Gasteiger partial charge in [0.2, 0.25) is 5.91 Å². The van der Waals surface area contributed by atoms with Crippen LogP contribution in [0.5, 0.6) is 0 Å². The summed E-state index contributed by atoms with van der Waals surface area (Å²) in [5.74, 6) is 1.56. The predicted octanol–water partition coefficient (Wildman–Crippen LogP) is 0.736. The van der Waals surface area contributed by atoms with E-state index < -0.39 is 5.54 Å². The molecule has 0 aromatic heterocycles. The maximum absolute atomic E-state index is 11.2. The van der Waals surface area contributed by atoms with Crippen LogP contribution in [0.4, 0.5) is 0 Å². The van der Waals surface area contributed by atoms with Gasteiger partial charge in [0.1, 0.15) is 5.54 Å². The minimum absolute atomic E-state index is 0.236. The number of carbonyl (C=O) groups excluding carboxylic acids is 1. The number of carbonyl (C=O) groups is 1. The average molecular weight is 202 g/mol. The summed E-state index contributed by atoms with van der Waals surface area (Å²) in [6.07, 6.45) is 2.36. The Labute approximate surface area is 83.8 Å². The first kappa shape index (κ1) is 10.9. The van der Waals surface area contributed by atoms with Crippen LogP contribution in [-0.4, -0.2) is 29.0 Å². The Morgan fingerprint density at radius 3 is 2.69 bits per heavy atom. The van der Waals surface area contributed by atoms with E-state index in [1.54, 1.807) is 11.8 Å². The van der Waals surface area contributed by atoms with Gasteiger partial charge < -0.3 is 11.1 Å². The number of thioether (sulfide) groups is 1. The molecule has 0 heterocycles. The van der Waals surface area contributed by atoms with Crippen molar-refractivity contribution < 1.29 is 4.79 Å². The lowest BCUT2D eigenvalue weighted by molar-refractivity contribution is -0.123. The molecule has 0 aromatic carbocycles. The molecule has 1 aliphatic rings. The fourth-order valence-corrected chi connectivity index (χ4v) is 2.01. The largest absolute Gasteiger partial charge is 0.368 e. The highest BCUT2D eigenvalue weighted by Crippen LogP contribution is 2.24. The second kappa shape index (κ2) is 4.33. The Morgan fingerprint density at radius 2 is 2.31 bits per heavy atom. The van der Waals surface area contributed by atoms with Gasteiger partial charge in [0, 0.05) is 11.8 Å². The summed E-state index contributed by atoms with van der Waals surface area (Å²) in [4.78, 5) is 11.2. The second-order valence-corrected chi connectivity index (χ2v) is 5.03. The van der Waals surface area contributed by atoms with E-state index in [1.165, 1.54) is 12.8 Å². The molecule has 1 atom stereocenters. The molecule has 1 amide bonds. The van der Waals surface area contributed by atoms with E-state index in [2.05, 4.69) is 12.2 Å². The number of amides is 1. The van der Waals surface area contributed by atoms with Crippen LogP contribution in [0.15, 0.2) is 0 Å². The van der Waals surface area contributed by atoms with Gasteiger partial charge in [-0.2, -0.15) is 11.8 Å². The minimum Gasteiger partial charge on any atom is -0.368 e. The Kier molecular flexibility index (Phi) is 3.62. The highest BCUT2D eigenvalue weighted by atomic mass is 32.2. The molecule has 1 unspecified atom stereocenters. The van der Waals surface area contributed by atoms with Crippen molar-refractivity contribution in [1.29, 1.82) is 0 Å². The third-order valence-electron chi connectivity index (χ3n) is 2.24. The summed E-state index contributed by atoms with van der Waals surface area (Å²) in [7, 11) is 0. The standard InChI is InChI=1S/C9H18N2OS/c1-3-13-6-9(2,8(10)12)11-7-4-5-7/h7,11H,3-6H2,1-2H3,(H2,10,12). The number of nitrogens with two attached hydrogens (primary N) is 1. The van der Waals surface area contributed by atoms with Gasteiger partial charge in [0.15, 0.2) is 0 Å². The van der Waals surface area contributed by atoms with Crippen LogP contribution >= 0.6 is 11.8 Å². The van der Waals surface area contributed by atoms with Crippen LogP contribution in [0, 0.1) is 0 Å². The lowest BCUT2D eigenvalue weighted by Crippen LogP contribution is -2.56. The summed E-state index contributed by atoms with van der Waals surface area (Å²) in [6.45, 7) is 3.99. The highest BCUT2D eigenvalue weighted by Gasteiger charge is 2.36. The van der Waals surface area contributed by atoms with Crippen LogP contribution < -0.4 is 11.1 Å². The Hall–Kier alpha value is -0.220. The lowest BCUT2D eigenvalue weighted by Gasteiger charge is -2.27. The van der Waals surface area contributed by atoms with Crippen molar-refractivity contribution in [2.45, 2.75) is 38.3 Å². The van der Waals surface area contributed by atoms with Gasteiger partial charge >= 0.3 is 0 Å². The van der Waals surface area contributed by atoms with E-state index in [4.69, 9.17) is 5.73 Å². The van der Waals surface area contributed by atoms with Gasteiger partial charge in [-0.15, -0.1) is 0 Å². The first-order chi connectivity index (χ1) is 6.08. The van der Waals surface area contributed by atoms with Crippen LogP contribution in [0.25, 0.3) is 0 Å². The summed E-state index contributed by atoms with van der Waals surface area (Å²) < 4.78 is 0. The second-order valence-electron chi connectivity index (χ2n) is 3.75. The SMILES string of the molecule is CCSCC(C)(NC1CC1)C(N)=O. The van der Waals surface area contributed by atoms with Crippen LogP contribution in [0.3, 0.4) is 0 Å². The monoisotopic (exact) mass is 202 g/mol.